The van der Waals surface area contributed by atoms with Crippen LogP contribution in [0.4, 0.5) is 5.95 Å². The highest BCUT2D eigenvalue weighted by Crippen LogP contribution is 2.32. The van der Waals surface area contributed by atoms with Gasteiger partial charge in [0.05, 0.1) is 12.4 Å². The first kappa shape index (κ1) is 16.9. The predicted octanol–water partition coefficient (Wildman–Crippen LogP) is 0.217. The van der Waals surface area contributed by atoms with Crippen molar-refractivity contribution in [2.75, 3.05) is 11.9 Å². The van der Waals surface area contributed by atoms with Gasteiger partial charge in [0.25, 0.3) is 5.56 Å². The number of ether oxygens (including phenoxy) is 1. The highest BCUT2D eigenvalue weighted by atomic mass is 16.6. The average molecular weight is 337 g/mol. The van der Waals surface area contributed by atoms with Crippen LogP contribution in [0.5, 0.6) is 0 Å². The summed E-state index contributed by atoms with van der Waals surface area (Å²) in [6.45, 7) is 6.61. The Kier molecular flexibility index (Phi) is 4.57. The van der Waals surface area contributed by atoms with Crippen molar-refractivity contribution in [3.8, 4) is 0 Å². The van der Waals surface area contributed by atoms with Gasteiger partial charge in [-0.2, -0.15) is 4.98 Å². The number of rotatable bonds is 5. The van der Waals surface area contributed by atoms with Gasteiger partial charge < -0.3 is 20.3 Å². The van der Waals surface area contributed by atoms with E-state index in [0.717, 1.165) is 0 Å². The lowest BCUT2D eigenvalue weighted by molar-refractivity contribution is -0.0355. The molecule has 3 rings (SSSR count). The van der Waals surface area contributed by atoms with Crippen molar-refractivity contribution in [1.82, 2.24) is 19.5 Å². The van der Waals surface area contributed by atoms with Crippen molar-refractivity contribution in [2.24, 2.45) is 5.92 Å². The second kappa shape index (κ2) is 6.50. The molecule has 2 aromatic heterocycles. The van der Waals surface area contributed by atoms with E-state index in [0.29, 0.717) is 30.5 Å². The maximum Gasteiger partial charge on any atom is 0.280 e. The number of nitrogens with zero attached hydrogens (tertiary/aromatic N) is 3. The fraction of sp³-hybridized carbons (Fsp3) is 0.667. The molecule has 1 unspecified atom stereocenters. The summed E-state index contributed by atoms with van der Waals surface area (Å²) in [5, 5.41) is 23.4. The fourth-order valence-electron chi connectivity index (χ4n) is 2.79. The average Bonchev–Trinajstić information content (AvgIpc) is 3.08. The molecule has 0 spiro atoms. The summed E-state index contributed by atoms with van der Waals surface area (Å²) in [4.78, 5) is 23.3. The van der Waals surface area contributed by atoms with E-state index in [1.807, 2.05) is 20.8 Å². The maximum absolute atomic E-state index is 12.2. The molecule has 4 atom stereocenters. The number of aliphatic hydroxyl groups excluding tert-OH is 2. The van der Waals surface area contributed by atoms with Gasteiger partial charge in [-0.1, -0.05) is 20.8 Å². The van der Waals surface area contributed by atoms with E-state index in [4.69, 9.17) is 4.74 Å². The Hall–Kier alpha value is -1.97. The number of hydrogen-bond donors (Lipinski definition) is 4. The SMILES string of the molecule is CC[C@H]1O[C@@H](n2cnc3c(=O)[nH]c(NCC(C)C)nc32)[C@@H](O)C1O. The van der Waals surface area contributed by atoms with Gasteiger partial charge in [0.1, 0.15) is 12.2 Å². The molecule has 9 nitrogen and oxygen atoms in total. The molecular weight excluding hydrogens is 314 g/mol. The van der Waals surface area contributed by atoms with E-state index in [1.54, 1.807) is 0 Å². The van der Waals surface area contributed by atoms with E-state index in [1.165, 1.54) is 10.9 Å². The van der Waals surface area contributed by atoms with Gasteiger partial charge in [0, 0.05) is 6.54 Å². The van der Waals surface area contributed by atoms with Crippen molar-refractivity contribution in [3.05, 3.63) is 16.7 Å². The minimum absolute atomic E-state index is 0.162. The molecule has 1 fully saturated rings. The largest absolute Gasteiger partial charge is 0.388 e. The molecule has 0 amide bonds. The lowest BCUT2D eigenvalue weighted by atomic mass is 10.1. The van der Waals surface area contributed by atoms with E-state index in [9.17, 15) is 15.0 Å². The highest BCUT2D eigenvalue weighted by molar-refractivity contribution is 5.70. The summed E-state index contributed by atoms with van der Waals surface area (Å²) >= 11 is 0. The van der Waals surface area contributed by atoms with E-state index in [-0.39, 0.29) is 11.1 Å². The summed E-state index contributed by atoms with van der Waals surface area (Å²) < 4.78 is 7.21. The van der Waals surface area contributed by atoms with Crippen LogP contribution in [0.2, 0.25) is 0 Å². The summed E-state index contributed by atoms with van der Waals surface area (Å²) in [5.74, 6) is 0.722. The van der Waals surface area contributed by atoms with Crippen LogP contribution in [0, 0.1) is 5.92 Å². The van der Waals surface area contributed by atoms with Crippen LogP contribution in [0.3, 0.4) is 0 Å². The van der Waals surface area contributed by atoms with Gasteiger partial charge in [-0.3, -0.25) is 14.3 Å². The number of anilines is 1. The normalized spacial score (nSPS) is 27.2. The number of hydrogen-bond acceptors (Lipinski definition) is 7. The molecule has 0 saturated carbocycles. The van der Waals surface area contributed by atoms with Crippen LogP contribution in [0.15, 0.2) is 11.1 Å². The Bertz CT molecular complexity index is 771. The first-order valence-corrected chi connectivity index (χ1v) is 8.14. The van der Waals surface area contributed by atoms with Crippen LogP contribution >= 0.6 is 0 Å². The molecular formula is C15H23N5O4. The predicted molar refractivity (Wildman–Crippen MR) is 87.7 cm³/mol. The maximum atomic E-state index is 12.2. The molecule has 1 aliphatic heterocycles. The highest BCUT2D eigenvalue weighted by Gasteiger charge is 2.43. The third-order valence-electron chi connectivity index (χ3n) is 4.12. The number of nitrogens with one attached hydrogen (secondary N) is 2. The topological polar surface area (TPSA) is 125 Å². The van der Waals surface area contributed by atoms with Gasteiger partial charge in [-0.25, -0.2) is 4.98 Å². The number of aliphatic hydroxyl groups is 2. The standard InChI is InChI=1S/C15H23N5O4/c1-4-8-10(21)11(22)14(24-8)20-6-17-9-12(20)18-15(19-13(9)23)16-5-7(2)3/h6-8,10-11,14,21-22H,4-5H2,1-3H3,(H2,16,18,19,23)/t8-,10?,11+,14-/m1/s1. The van der Waals surface area contributed by atoms with Gasteiger partial charge in [0.2, 0.25) is 5.95 Å². The minimum Gasteiger partial charge on any atom is -0.388 e. The van der Waals surface area contributed by atoms with E-state index in [2.05, 4.69) is 20.3 Å². The zero-order valence-electron chi connectivity index (χ0n) is 13.9. The molecule has 1 aliphatic rings. The van der Waals surface area contributed by atoms with Crippen molar-refractivity contribution >= 4 is 17.1 Å². The quantitative estimate of drug-likeness (QED) is 0.615. The zero-order valence-corrected chi connectivity index (χ0v) is 13.9. The Balaban J connectivity index is 1.98. The Morgan fingerprint density at radius 2 is 2.17 bits per heavy atom. The van der Waals surface area contributed by atoms with E-state index < -0.39 is 24.5 Å². The van der Waals surface area contributed by atoms with Crippen LogP contribution in [-0.2, 0) is 4.74 Å². The first-order valence-electron chi connectivity index (χ1n) is 8.14. The monoisotopic (exact) mass is 337 g/mol. The summed E-state index contributed by atoms with van der Waals surface area (Å²) in [7, 11) is 0. The van der Waals surface area contributed by atoms with Gasteiger partial charge in [-0.05, 0) is 12.3 Å². The molecule has 0 bridgehead atoms. The summed E-state index contributed by atoms with van der Waals surface area (Å²) in [6.07, 6.45) is -1.43. The molecule has 2 aromatic rings. The molecule has 24 heavy (non-hydrogen) atoms. The number of aromatic amines is 1. The molecule has 9 heteroatoms. The molecule has 0 aromatic carbocycles. The van der Waals surface area contributed by atoms with Gasteiger partial charge in [0.15, 0.2) is 17.4 Å². The lowest BCUT2D eigenvalue weighted by Gasteiger charge is -2.16. The number of aromatic nitrogens is 4. The molecule has 1 saturated heterocycles. The Labute approximate surface area is 138 Å². The Morgan fingerprint density at radius 1 is 1.42 bits per heavy atom. The van der Waals surface area contributed by atoms with Gasteiger partial charge in [-0.15, -0.1) is 0 Å². The molecule has 4 N–H and O–H groups in total. The summed E-state index contributed by atoms with van der Waals surface area (Å²) in [6, 6.07) is 0. The smallest absolute Gasteiger partial charge is 0.280 e. The zero-order chi connectivity index (χ0) is 17.4. The number of H-pyrrole nitrogens is 1. The molecule has 0 aliphatic carbocycles. The third-order valence-corrected chi connectivity index (χ3v) is 4.12. The Morgan fingerprint density at radius 3 is 2.79 bits per heavy atom. The molecule has 3 heterocycles. The molecule has 132 valence electrons. The fourth-order valence-corrected chi connectivity index (χ4v) is 2.79. The van der Waals surface area contributed by atoms with Gasteiger partial charge >= 0.3 is 0 Å². The summed E-state index contributed by atoms with van der Waals surface area (Å²) in [5.41, 5.74) is 0.0958. The van der Waals surface area contributed by atoms with Crippen LogP contribution in [-0.4, -0.2) is 54.6 Å². The number of fused-ring (bicyclic) bond motifs is 1. The second-order valence-electron chi connectivity index (χ2n) is 6.47. The molecule has 0 radical (unpaired) electrons. The minimum atomic E-state index is -1.11. The van der Waals surface area contributed by atoms with E-state index >= 15 is 0 Å². The number of imidazole rings is 1. The van der Waals surface area contributed by atoms with Crippen molar-refractivity contribution < 1.29 is 14.9 Å². The van der Waals surface area contributed by atoms with Crippen molar-refractivity contribution in [2.45, 2.75) is 51.7 Å². The van der Waals surface area contributed by atoms with Crippen molar-refractivity contribution in [3.63, 3.8) is 0 Å². The van der Waals surface area contributed by atoms with Crippen LogP contribution < -0.4 is 10.9 Å². The van der Waals surface area contributed by atoms with Crippen molar-refractivity contribution in [1.29, 1.82) is 0 Å². The lowest BCUT2D eigenvalue weighted by Crippen LogP contribution is -2.31. The third kappa shape index (κ3) is 2.90. The second-order valence-corrected chi connectivity index (χ2v) is 6.47. The van der Waals surface area contributed by atoms with Crippen LogP contribution in [0.25, 0.3) is 11.2 Å². The first-order chi connectivity index (χ1) is 11.4. The van der Waals surface area contributed by atoms with Crippen LogP contribution in [0.1, 0.15) is 33.4 Å².